The third kappa shape index (κ3) is 6.98. The van der Waals surface area contributed by atoms with E-state index in [4.69, 9.17) is 33.7 Å². The van der Waals surface area contributed by atoms with E-state index in [1.807, 2.05) is 6.92 Å². The molecule has 0 aliphatic rings. The van der Waals surface area contributed by atoms with Crippen molar-refractivity contribution < 1.29 is 9.53 Å². The zero-order valence-corrected chi connectivity index (χ0v) is 13.0. The number of nitrogens with two attached hydrogens (primary N) is 1. The average molecular weight is 319 g/mol. The number of nitrogens with one attached hydrogen (secondary N) is 1. The Balaban J connectivity index is 2.14. The van der Waals surface area contributed by atoms with Gasteiger partial charge in [-0.1, -0.05) is 23.2 Å². The average Bonchev–Trinajstić information content (AvgIpc) is 2.38. The van der Waals surface area contributed by atoms with Gasteiger partial charge in [0.2, 0.25) is 5.91 Å². The van der Waals surface area contributed by atoms with Crippen molar-refractivity contribution in [2.45, 2.75) is 32.2 Å². The van der Waals surface area contributed by atoms with Crippen LogP contribution >= 0.6 is 23.2 Å². The monoisotopic (exact) mass is 318 g/mol. The van der Waals surface area contributed by atoms with Gasteiger partial charge in [-0.25, -0.2) is 0 Å². The van der Waals surface area contributed by atoms with Crippen LogP contribution in [-0.2, 0) is 4.79 Å². The minimum Gasteiger partial charge on any atom is -0.492 e. The molecule has 4 nitrogen and oxygen atoms in total. The molecular formula is C14H20Cl2N2O2. The summed E-state index contributed by atoms with van der Waals surface area (Å²) in [5.74, 6) is 0.617. The standard InChI is InChI=1S/C14H20Cl2N2O2/c1-10(17)3-6-14(19)18-7-2-8-20-13-5-4-11(15)9-12(13)16/h4-5,9-10H,2-3,6-8,17H2,1H3,(H,18,19). The number of ether oxygens (including phenoxy) is 1. The van der Waals surface area contributed by atoms with E-state index in [-0.39, 0.29) is 11.9 Å². The summed E-state index contributed by atoms with van der Waals surface area (Å²) in [7, 11) is 0. The fourth-order valence-electron chi connectivity index (χ4n) is 1.52. The quantitative estimate of drug-likeness (QED) is 0.724. The maximum Gasteiger partial charge on any atom is 0.220 e. The van der Waals surface area contributed by atoms with E-state index in [1.165, 1.54) is 0 Å². The molecule has 0 aliphatic heterocycles. The van der Waals surface area contributed by atoms with E-state index in [2.05, 4.69) is 5.32 Å². The summed E-state index contributed by atoms with van der Waals surface area (Å²) in [6.45, 7) is 2.94. The molecule has 0 aliphatic carbocycles. The Kier molecular flexibility index (Phi) is 7.73. The maximum atomic E-state index is 11.4. The van der Waals surface area contributed by atoms with E-state index in [0.29, 0.717) is 48.2 Å². The number of hydrogen-bond donors (Lipinski definition) is 2. The lowest BCUT2D eigenvalue weighted by atomic mass is 10.2. The van der Waals surface area contributed by atoms with Crippen LogP contribution in [0.1, 0.15) is 26.2 Å². The molecule has 0 bridgehead atoms. The van der Waals surface area contributed by atoms with Gasteiger partial charge in [-0.3, -0.25) is 4.79 Å². The molecule has 1 rings (SSSR count). The van der Waals surface area contributed by atoms with Gasteiger partial charge >= 0.3 is 0 Å². The molecular weight excluding hydrogens is 299 g/mol. The van der Waals surface area contributed by atoms with Crippen LogP contribution in [0.5, 0.6) is 5.75 Å². The van der Waals surface area contributed by atoms with Crippen LogP contribution in [-0.4, -0.2) is 25.1 Å². The first-order valence-electron chi connectivity index (χ1n) is 6.59. The highest BCUT2D eigenvalue weighted by Gasteiger charge is 2.04. The van der Waals surface area contributed by atoms with Crippen molar-refractivity contribution in [3.05, 3.63) is 28.2 Å². The van der Waals surface area contributed by atoms with Crippen molar-refractivity contribution in [1.82, 2.24) is 5.32 Å². The van der Waals surface area contributed by atoms with Crippen molar-refractivity contribution in [3.63, 3.8) is 0 Å². The lowest BCUT2D eigenvalue weighted by molar-refractivity contribution is -0.121. The van der Waals surface area contributed by atoms with E-state index in [1.54, 1.807) is 18.2 Å². The smallest absolute Gasteiger partial charge is 0.220 e. The Morgan fingerprint density at radius 1 is 1.45 bits per heavy atom. The number of amides is 1. The Morgan fingerprint density at radius 3 is 2.85 bits per heavy atom. The minimum atomic E-state index is 0.0202. The van der Waals surface area contributed by atoms with Gasteiger partial charge in [-0.05, 0) is 38.0 Å². The van der Waals surface area contributed by atoms with Crippen molar-refractivity contribution in [2.24, 2.45) is 5.73 Å². The van der Waals surface area contributed by atoms with Gasteiger partial charge in [-0.15, -0.1) is 0 Å². The summed E-state index contributed by atoms with van der Waals surface area (Å²) in [5, 5.41) is 3.88. The molecule has 0 aromatic heterocycles. The Bertz CT molecular complexity index is 439. The second-order valence-corrected chi connectivity index (χ2v) is 5.49. The summed E-state index contributed by atoms with van der Waals surface area (Å²) in [6.07, 6.45) is 1.87. The Labute approximate surface area is 129 Å². The van der Waals surface area contributed by atoms with Crippen molar-refractivity contribution in [1.29, 1.82) is 0 Å². The first-order chi connectivity index (χ1) is 9.49. The Morgan fingerprint density at radius 2 is 2.20 bits per heavy atom. The van der Waals surface area contributed by atoms with Crippen LogP contribution in [0.3, 0.4) is 0 Å². The molecule has 112 valence electrons. The maximum absolute atomic E-state index is 11.4. The topological polar surface area (TPSA) is 64.4 Å². The number of carbonyl (C=O) groups excluding carboxylic acids is 1. The van der Waals surface area contributed by atoms with E-state index in [0.717, 1.165) is 0 Å². The van der Waals surface area contributed by atoms with Crippen molar-refractivity contribution >= 4 is 29.1 Å². The second-order valence-electron chi connectivity index (χ2n) is 4.64. The van der Waals surface area contributed by atoms with Gasteiger partial charge in [0, 0.05) is 24.0 Å². The van der Waals surface area contributed by atoms with Crippen LogP contribution in [0.2, 0.25) is 10.0 Å². The van der Waals surface area contributed by atoms with Gasteiger partial charge in [0.25, 0.3) is 0 Å². The van der Waals surface area contributed by atoms with Crippen LogP contribution in [0.15, 0.2) is 18.2 Å². The highest BCUT2D eigenvalue weighted by Crippen LogP contribution is 2.27. The number of benzene rings is 1. The Hall–Kier alpha value is -0.970. The first kappa shape index (κ1) is 17.1. The number of hydrogen-bond acceptors (Lipinski definition) is 3. The molecule has 1 amide bonds. The van der Waals surface area contributed by atoms with Gasteiger partial charge in [0.05, 0.1) is 11.6 Å². The zero-order valence-electron chi connectivity index (χ0n) is 11.5. The number of halogens is 2. The molecule has 0 saturated carbocycles. The minimum absolute atomic E-state index is 0.0202. The van der Waals surface area contributed by atoms with Gasteiger partial charge in [0.15, 0.2) is 0 Å². The summed E-state index contributed by atoms with van der Waals surface area (Å²) >= 11 is 11.8. The van der Waals surface area contributed by atoms with Crippen LogP contribution in [0.25, 0.3) is 0 Å². The summed E-state index contributed by atoms with van der Waals surface area (Å²) in [4.78, 5) is 11.4. The van der Waals surface area contributed by atoms with Crippen LogP contribution in [0, 0.1) is 0 Å². The lowest BCUT2D eigenvalue weighted by Gasteiger charge is -2.09. The van der Waals surface area contributed by atoms with Crippen LogP contribution in [0.4, 0.5) is 0 Å². The van der Waals surface area contributed by atoms with E-state index >= 15 is 0 Å². The molecule has 0 spiro atoms. The predicted octanol–water partition coefficient (Wildman–Crippen LogP) is 3.01. The number of carbonyl (C=O) groups is 1. The largest absolute Gasteiger partial charge is 0.492 e. The summed E-state index contributed by atoms with van der Waals surface area (Å²) in [6, 6.07) is 5.13. The van der Waals surface area contributed by atoms with E-state index in [9.17, 15) is 4.79 Å². The second kappa shape index (κ2) is 9.06. The number of rotatable bonds is 8. The molecule has 0 heterocycles. The molecule has 0 radical (unpaired) electrons. The molecule has 1 aromatic carbocycles. The summed E-state index contributed by atoms with van der Waals surface area (Å²) < 4.78 is 5.51. The first-order valence-corrected chi connectivity index (χ1v) is 7.34. The summed E-state index contributed by atoms with van der Waals surface area (Å²) in [5.41, 5.74) is 5.58. The third-order valence-electron chi connectivity index (χ3n) is 2.62. The molecule has 0 saturated heterocycles. The SMILES string of the molecule is CC(N)CCC(=O)NCCCOc1ccc(Cl)cc1Cl. The fraction of sp³-hybridized carbons (Fsp3) is 0.500. The molecule has 3 N–H and O–H groups in total. The third-order valence-corrected chi connectivity index (χ3v) is 3.15. The van der Waals surface area contributed by atoms with Crippen molar-refractivity contribution in [3.8, 4) is 5.75 Å². The predicted molar refractivity (Wildman–Crippen MR) is 82.5 cm³/mol. The zero-order chi connectivity index (χ0) is 15.0. The van der Waals surface area contributed by atoms with Crippen molar-refractivity contribution in [2.75, 3.05) is 13.2 Å². The van der Waals surface area contributed by atoms with Crippen LogP contribution < -0.4 is 15.8 Å². The van der Waals surface area contributed by atoms with Gasteiger partial charge < -0.3 is 15.8 Å². The highest BCUT2D eigenvalue weighted by atomic mass is 35.5. The molecule has 1 unspecified atom stereocenters. The molecule has 20 heavy (non-hydrogen) atoms. The molecule has 1 aromatic rings. The molecule has 6 heteroatoms. The molecule has 0 fully saturated rings. The van der Waals surface area contributed by atoms with E-state index < -0.39 is 0 Å². The highest BCUT2D eigenvalue weighted by molar-refractivity contribution is 6.35. The fourth-order valence-corrected chi connectivity index (χ4v) is 1.98. The normalized spacial score (nSPS) is 12.0. The molecule has 1 atom stereocenters. The van der Waals surface area contributed by atoms with Gasteiger partial charge in [0.1, 0.15) is 5.75 Å². The van der Waals surface area contributed by atoms with Gasteiger partial charge in [-0.2, -0.15) is 0 Å². The lowest BCUT2D eigenvalue weighted by Crippen LogP contribution is -2.27.